The van der Waals surface area contributed by atoms with Crippen LogP contribution in [0.1, 0.15) is 25.5 Å². The molecule has 0 spiro atoms. The minimum Gasteiger partial charge on any atom is -0.352 e. The monoisotopic (exact) mass is 223 g/mol. The summed E-state index contributed by atoms with van der Waals surface area (Å²) >= 11 is 0. The summed E-state index contributed by atoms with van der Waals surface area (Å²) in [5.74, 6) is 0.728. The van der Waals surface area contributed by atoms with Gasteiger partial charge in [0.15, 0.2) is 0 Å². The van der Waals surface area contributed by atoms with Crippen LogP contribution >= 0.6 is 0 Å². The van der Waals surface area contributed by atoms with Crippen molar-refractivity contribution < 1.29 is 4.79 Å². The Bertz CT molecular complexity index is 369. The maximum absolute atomic E-state index is 11.6. The summed E-state index contributed by atoms with van der Waals surface area (Å²) < 4.78 is 1.51. The van der Waals surface area contributed by atoms with E-state index in [-0.39, 0.29) is 12.5 Å². The molecule has 0 saturated heterocycles. The molecule has 1 fully saturated rings. The van der Waals surface area contributed by atoms with Crippen molar-refractivity contribution >= 4 is 5.91 Å². The molecule has 6 nitrogen and oxygen atoms in total. The zero-order valence-electron chi connectivity index (χ0n) is 9.39. The largest absolute Gasteiger partial charge is 0.352 e. The fraction of sp³-hybridized carbons (Fsp3) is 0.700. The van der Waals surface area contributed by atoms with Crippen LogP contribution in [0, 0.1) is 5.92 Å². The Kier molecular flexibility index (Phi) is 3.19. The number of hydrogen-bond acceptors (Lipinski definition) is 4. The molecule has 0 unspecified atom stereocenters. The van der Waals surface area contributed by atoms with Gasteiger partial charge in [-0.1, -0.05) is 12.1 Å². The number of nitrogens with one attached hydrogen (secondary N) is 1. The number of nitrogens with zero attached hydrogens (tertiary/aromatic N) is 3. The maximum Gasteiger partial charge on any atom is 0.242 e. The first-order valence-corrected chi connectivity index (χ1v) is 5.56. The molecule has 1 aliphatic carbocycles. The van der Waals surface area contributed by atoms with Crippen LogP contribution < -0.4 is 11.1 Å². The number of carbonyl (C=O) groups excluding carboxylic acids is 1. The summed E-state index contributed by atoms with van der Waals surface area (Å²) in [6.07, 6.45) is 3.86. The van der Waals surface area contributed by atoms with Crippen LogP contribution in [0.15, 0.2) is 6.20 Å². The van der Waals surface area contributed by atoms with E-state index in [9.17, 15) is 4.79 Å². The molecule has 1 aromatic heterocycles. The summed E-state index contributed by atoms with van der Waals surface area (Å²) in [5, 5.41) is 10.6. The Labute approximate surface area is 94.2 Å². The summed E-state index contributed by atoms with van der Waals surface area (Å²) in [6, 6.07) is 0.347. The Hall–Kier alpha value is -1.43. The zero-order chi connectivity index (χ0) is 11.5. The summed E-state index contributed by atoms with van der Waals surface area (Å²) in [7, 11) is 0. The van der Waals surface area contributed by atoms with E-state index >= 15 is 0 Å². The molecule has 88 valence electrons. The third-order valence-electron chi connectivity index (χ3n) is 2.84. The van der Waals surface area contributed by atoms with Gasteiger partial charge in [-0.15, -0.1) is 5.10 Å². The fourth-order valence-electron chi connectivity index (χ4n) is 1.95. The average Bonchev–Trinajstić information content (AvgIpc) is 2.63. The van der Waals surface area contributed by atoms with Crippen molar-refractivity contribution in [2.75, 3.05) is 0 Å². The summed E-state index contributed by atoms with van der Waals surface area (Å²) in [6.45, 7) is 2.76. The lowest BCUT2D eigenvalue weighted by atomic mass is 9.82. The van der Waals surface area contributed by atoms with Crippen molar-refractivity contribution in [3.8, 4) is 0 Å². The van der Waals surface area contributed by atoms with Crippen molar-refractivity contribution in [1.29, 1.82) is 0 Å². The molecule has 3 N–H and O–H groups in total. The number of hydrogen-bond donors (Lipinski definition) is 2. The van der Waals surface area contributed by atoms with Gasteiger partial charge < -0.3 is 11.1 Å². The van der Waals surface area contributed by atoms with Gasteiger partial charge in [0.2, 0.25) is 5.91 Å². The van der Waals surface area contributed by atoms with E-state index in [0.29, 0.717) is 18.3 Å². The van der Waals surface area contributed by atoms with E-state index in [2.05, 4.69) is 22.6 Å². The number of carbonyl (C=O) groups is 1. The van der Waals surface area contributed by atoms with E-state index in [0.717, 1.165) is 18.8 Å². The lowest BCUT2D eigenvalue weighted by Crippen LogP contribution is -2.44. The molecule has 1 aromatic rings. The molecule has 6 heteroatoms. The Morgan fingerprint density at radius 2 is 2.44 bits per heavy atom. The van der Waals surface area contributed by atoms with E-state index in [1.165, 1.54) is 4.68 Å². The van der Waals surface area contributed by atoms with Gasteiger partial charge in [0.1, 0.15) is 6.54 Å². The topological polar surface area (TPSA) is 85.8 Å². The van der Waals surface area contributed by atoms with Gasteiger partial charge in [0.05, 0.1) is 11.9 Å². The van der Waals surface area contributed by atoms with Crippen LogP contribution in [0.4, 0.5) is 0 Å². The molecule has 16 heavy (non-hydrogen) atoms. The highest BCUT2D eigenvalue weighted by atomic mass is 16.2. The summed E-state index contributed by atoms with van der Waals surface area (Å²) in [5.41, 5.74) is 6.10. The van der Waals surface area contributed by atoms with Crippen molar-refractivity contribution in [2.45, 2.75) is 38.9 Å². The van der Waals surface area contributed by atoms with Crippen LogP contribution in [-0.4, -0.2) is 26.9 Å². The zero-order valence-corrected chi connectivity index (χ0v) is 9.39. The molecule has 1 aliphatic rings. The molecule has 0 aromatic carbocycles. The first-order valence-electron chi connectivity index (χ1n) is 5.56. The SMILES string of the molecule is CC1CC(NC(=O)Cn2cc(CN)nn2)C1. The van der Waals surface area contributed by atoms with Crippen LogP contribution in [0.5, 0.6) is 0 Å². The van der Waals surface area contributed by atoms with Gasteiger partial charge in [0, 0.05) is 12.6 Å². The Morgan fingerprint density at radius 3 is 3.00 bits per heavy atom. The molecule has 1 heterocycles. The smallest absolute Gasteiger partial charge is 0.242 e. The number of amides is 1. The molecule has 1 saturated carbocycles. The lowest BCUT2D eigenvalue weighted by Gasteiger charge is -2.33. The maximum atomic E-state index is 11.6. The van der Waals surface area contributed by atoms with Crippen LogP contribution in [0.2, 0.25) is 0 Å². The van der Waals surface area contributed by atoms with Gasteiger partial charge in [0.25, 0.3) is 0 Å². The van der Waals surface area contributed by atoms with Crippen molar-refractivity contribution in [1.82, 2.24) is 20.3 Å². The van der Waals surface area contributed by atoms with Gasteiger partial charge >= 0.3 is 0 Å². The van der Waals surface area contributed by atoms with Crippen LogP contribution in [-0.2, 0) is 17.9 Å². The fourth-order valence-corrected chi connectivity index (χ4v) is 1.95. The van der Waals surface area contributed by atoms with Gasteiger partial charge in [-0.3, -0.25) is 4.79 Å². The number of rotatable bonds is 4. The number of aromatic nitrogens is 3. The predicted molar refractivity (Wildman–Crippen MR) is 58.2 cm³/mol. The third-order valence-corrected chi connectivity index (χ3v) is 2.84. The quantitative estimate of drug-likeness (QED) is 0.730. The Morgan fingerprint density at radius 1 is 1.69 bits per heavy atom. The van der Waals surface area contributed by atoms with Crippen LogP contribution in [0.3, 0.4) is 0 Å². The molecule has 2 rings (SSSR count). The molecule has 1 amide bonds. The first kappa shape index (κ1) is 11.1. The van der Waals surface area contributed by atoms with Gasteiger partial charge in [-0.2, -0.15) is 0 Å². The standard InChI is InChI=1S/C10H17N5O/c1-7-2-8(3-7)12-10(16)6-15-5-9(4-11)13-14-15/h5,7-8H,2-4,6,11H2,1H3,(H,12,16). The molecular weight excluding hydrogens is 206 g/mol. The normalized spacial score (nSPS) is 23.9. The average molecular weight is 223 g/mol. The minimum absolute atomic E-state index is 0.00892. The van der Waals surface area contributed by atoms with Crippen molar-refractivity contribution in [3.63, 3.8) is 0 Å². The minimum atomic E-state index is -0.00892. The highest BCUT2D eigenvalue weighted by Gasteiger charge is 2.26. The predicted octanol–water partition coefficient (Wildman–Crippen LogP) is -0.348. The van der Waals surface area contributed by atoms with Gasteiger partial charge in [-0.05, 0) is 18.8 Å². The molecule has 0 bridgehead atoms. The molecule has 0 atom stereocenters. The van der Waals surface area contributed by atoms with E-state index < -0.39 is 0 Å². The second-order valence-electron chi connectivity index (χ2n) is 4.45. The van der Waals surface area contributed by atoms with Gasteiger partial charge in [-0.25, -0.2) is 4.68 Å². The van der Waals surface area contributed by atoms with E-state index in [1.54, 1.807) is 6.20 Å². The van der Waals surface area contributed by atoms with E-state index in [4.69, 9.17) is 5.73 Å². The Balaban J connectivity index is 1.78. The second-order valence-corrected chi connectivity index (χ2v) is 4.45. The molecule has 0 radical (unpaired) electrons. The second kappa shape index (κ2) is 4.61. The summed E-state index contributed by atoms with van der Waals surface area (Å²) in [4.78, 5) is 11.6. The van der Waals surface area contributed by atoms with Crippen LogP contribution in [0.25, 0.3) is 0 Å². The van der Waals surface area contributed by atoms with Crippen molar-refractivity contribution in [2.24, 2.45) is 11.7 Å². The highest BCUT2D eigenvalue weighted by molar-refractivity contribution is 5.76. The highest BCUT2D eigenvalue weighted by Crippen LogP contribution is 2.25. The molecule has 0 aliphatic heterocycles. The van der Waals surface area contributed by atoms with Crippen molar-refractivity contribution in [3.05, 3.63) is 11.9 Å². The lowest BCUT2D eigenvalue weighted by molar-refractivity contribution is -0.123. The van der Waals surface area contributed by atoms with E-state index in [1.807, 2.05) is 0 Å². The first-order chi connectivity index (χ1) is 7.67. The third kappa shape index (κ3) is 2.57. The number of nitrogens with two attached hydrogens (primary N) is 1. The molecular formula is C10H17N5O.